The monoisotopic (exact) mass is 447 g/mol. The molecule has 3 atom stereocenters. The number of alkyl halides is 3. The van der Waals surface area contributed by atoms with Crippen LogP contribution in [0.5, 0.6) is 0 Å². The van der Waals surface area contributed by atoms with Gasteiger partial charge in [-0.3, -0.25) is 4.79 Å². The summed E-state index contributed by atoms with van der Waals surface area (Å²) in [6.45, 7) is 0.512. The van der Waals surface area contributed by atoms with Gasteiger partial charge in [0.05, 0.1) is 35.2 Å². The second kappa shape index (κ2) is 7.53. The molecule has 1 aromatic carbocycles. The van der Waals surface area contributed by atoms with E-state index in [1.807, 2.05) is 0 Å². The van der Waals surface area contributed by atoms with Crippen LogP contribution in [-0.2, 0) is 6.18 Å². The Morgan fingerprint density at radius 3 is 2.47 bits per heavy atom. The molecule has 0 radical (unpaired) electrons. The van der Waals surface area contributed by atoms with Gasteiger partial charge >= 0.3 is 6.18 Å². The van der Waals surface area contributed by atoms with Crippen LogP contribution in [0.15, 0.2) is 43.0 Å². The van der Waals surface area contributed by atoms with Crippen LogP contribution in [0.1, 0.15) is 28.8 Å². The van der Waals surface area contributed by atoms with Crippen molar-refractivity contribution in [2.45, 2.75) is 31.1 Å². The van der Waals surface area contributed by atoms with Crippen molar-refractivity contribution >= 4 is 11.9 Å². The van der Waals surface area contributed by atoms with Gasteiger partial charge < -0.3 is 10.2 Å². The second-order valence-electron chi connectivity index (χ2n) is 7.89. The number of carbonyl (C=O) groups excluding carboxylic acids is 1. The number of anilines is 1. The average molecular weight is 447 g/mol. The largest absolute Gasteiger partial charge is 0.419 e. The van der Waals surface area contributed by atoms with Gasteiger partial charge in [0.25, 0.3) is 5.91 Å². The van der Waals surface area contributed by atoms with Gasteiger partial charge in [0, 0.05) is 25.0 Å². The molecular formula is C20H17F4N7O. The first-order valence-electron chi connectivity index (χ1n) is 9.92. The lowest BCUT2D eigenvalue weighted by Gasteiger charge is -2.34. The molecule has 5 rings (SSSR count). The van der Waals surface area contributed by atoms with Crippen LogP contribution in [0.25, 0.3) is 5.69 Å². The molecule has 3 aromatic rings. The highest BCUT2D eigenvalue weighted by molar-refractivity contribution is 5.98. The minimum Gasteiger partial charge on any atom is -0.349 e. The number of piperidine rings is 1. The van der Waals surface area contributed by atoms with Gasteiger partial charge in [0.2, 0.25) is 5.95 Å². The molecule has 1 amide bonds. The summed E-state index contributed by atoms with van der Waals surface area (Å²) in [5.74, 6) is -0.628. The number of hydrogen-bond acceptors (Lipinski definition) is 6. The minimum atomic E-state index is -4.51. The highest BCUT2D eigenvalue weighted by Gasteiger charge is 2.47. The van der Waals surface area contributed by atoms with Crippen molar-refractivity contribution in [2.75, 3.05) is 11.9 Å². The third-order valence-electron chi connectivity index (χ3n) is 5.86. The van der Waals surface area contributed by atoms with E-state index in [2.05, 4.69) is 25.5 Å². The normalized spacial score (nSPS) is 22.4. The van der Waals surface area contributed by atoms with Crippen molar-refractivity contribution in [3.05, 3.63) is 59.9 Å². The van der Waals surface area contributed by atoms with E-state index in [1.165, 1.54) is 29.3 Å². The van der Waals surface area contributed by atoms with Crippen LogP contribution < -0.4 is 5.32 Å². The van der Waals surface area contributed by atoms with Gasteiger partial charge in [0.15, 0.2) is 0 Å². The fourth-order valence-corrected chi connectivity index (χ4v) is 4.48. The Balaban J connectivity index is 1.37. The van der Waals surface area contributed by atoms with E-state index in [-0.39, 0.29) is 35.4 Å². The standard InChI is InChI=1S/C20H17F4N7O/c21-13-1-2-16(31-27-3-4-28-31)14(7-13)18(32)30-10-11-5-15(17(30)6-11)29-19-25-8-12(9-26-19)20(22,23)24/h1-4,7-9,11,15,17H,5-6,10H2,(H,25,26,29)/t11?,15-,17?/m0/s1. The Kier molecular flexibility index (Phi) is 4.79. The third-order valence-corrected chi connectivity index (χ3v) is 5.86. The maximum Gasteiger partial charge on any atom is 0.419 e. The van der Waals surface area contributed by atoms with Gasteiger partial charge in [-0.1, -0.05) is 0 Å². The molecule has 32 heavy (non-hydrogen) atoms. The van der Waals surface area contributed by atoms with E-state index in [1.54, 1.807) is 4.90 Å². The number of hydrogen-bond donors (Lipinski definition) is 1. The zero-order valence-electron chi connectivity index (χ0n) is 16.5. The molecule has 2 aliphatic rings. The van der Waals surface area contributed by atoms with Crippen molar-refractivity contribution in [3.8, 4) is 5.69 Å². The summed E-state index contributed by atoms with van der Waals surface area (Å²) in [5, 5.41) is 11.1. The lowest BCUT2D eigenvalue weighted by Crippen LogP contribution is -2.48. The lowest BCUT2D eigenvalue weighted by molar-refractivity contribution is -0.138. The summed E-state index contributed by atoms with van der Waals surface area (Å²) >= 11 is 0. The summed E-state index contributed by atoms with van der Waals surface area (Å²) in [7, 11) is 0. The zero-order chi connectivity index (χ0) is 22.5. The van der Waals surface area contributed by atoms with Gasteiger partial charge in [0.1, 0.15) is 5.82 Å². The topological polar surface area (TPSA) is 88.8 Å². The Morgan fingerprint density at radius 1 is 1.09 bits per heavy atom. The summed E-state index contributed by atoms with van der Waals surface area (Å²) in [6.07, 6.45) is 1.31. The lowest BCUT2D eigenvalue weighted by atomic mass is 10.0. The molecule has 2 fully saturated rings. The van der Waals surface area contributed by atoms with Crippen LogP contribution in [0.4, 0.5) is 23.5 Å². The van der Waals surface area contributed by atoms with E-state index in [0.717, 1.165) is 31.3 Å². The van der Waals surface area contributed by atoms with Crippen LogP contribution in [0.2, 0.25) is 0 Å². The molecule has 0 spiro atoms. The zero-order valence-corrected chi connectivity index (χ0v) is 16.5. The van der Waals surface area contributed by atoms with E-state index >= 15 is 0 Å². The van der Waals surface area contributed by atoms with Crippen molar-refractivity contribution in [1.82, 2.24) is 29.9 Å². The number of rotatable bonds is 4. The third kappa shape index (κ3) is 3.65. The number of halogens is 4. The first kappa shape index (κ1) is 20.3. The molecule has 1 aliphatic carbocycles. The second-order valence-corrected chi connectivity index (χ2v) is 7.89. The summed E-state index contributed by atoms with van der Waals surface area (Å²) in [4.78, 5) is 23.8. The Bertz CT molecular complexity index is 1130. The molecular weight excluding hydrogens is 430 g/mol. The highest BCUT2D eigenvalue weighted by Crippen LogP contribution is 2.40. The SMILES string of the molecule is O=C(c1cc(F)ccc1-n1nccn1)N1CC2CC1[C@@H](Nc1ncc(C(F)(F)F)cn1)C2. The van der Waals surface area contributed by atoms with Gasteiger partial charge in [-0.05, 0) is 37.0 Å². The van der Waals surface area contributed by atoms with E-state index in [4.69, 9.17) is 0 Å². The van der Waals surface area contributed by atoms with E-state index in [9.17, 15) is 22.4 Å². The molecule has 166 valence electrons. The molecule has 1 N–H and O–H groups in total. The fourth-order valence-electron chi connectivity index (χ4n) is 4.48. The van der Waals surface area contributed by atoms with Gasteiger partial charge in [-0.25, -0.2) is 14.4 Å². The predicted molar refractivity (Wildman–Crippen MR) is 103 cm³/mol. The van der Waals surface area contributed by atoms with E-state index in [0.29, 0.717) is 12.2 Å². The number of carbonyl (C=O) groups is 1. The number of benzene rings is 1. The molecule has 1 saturated carbocycles. The van der Waals surface area contributed by atoms with Gasteiger partial charge in [-0.15, -0.1) is 0 Å². The maximum absolute atomic E-state index is 14.0. The number of amides is 1. The van der Waals surface area contributed by atoms with Crippen LogP contribution >= 0.6 is 0 Å². The Labute approximate surface area is 179 Å². The first-order valence-corrected chi connectivity index (χ1v) is 9.92. The molecule has 3 heterocycles. The quantitative estimate of drug-likeness (QED) is 0.619. The average Bonchev–Trinajstić information content (AvgIpc) is 3.50. The molecule has 12 heteroatoms. The smallest absolute Gasteiger partial charge is 0.349 e. The molecule has 1 saturated heterocycles. The van der Waals surface area contributed by atoms with E-state index < -0.39 is 17.6 Å². The highest BCUT2D eigenvalue weighted by atomic mass is 19.4. The van der Waals surface area contributed by atoms with Crippen molar-refractivity contribution in [3.63, 3.8) is 0 Å². The fraction of sp³-hybridized carbons (Fsp3) is 0.350. The number of aromatic nitrogens is 5. The number of nitrogens with one attached hydrogen (secondary N) is 1. The minimum absolute atomic E-state index is 0.0649. The molecule has 8 nitrogen and oxygen atoms in total. The molecule has 2 unspecified atom stereocenters. The Hall–Kier alpha value is -3.57. The van der Waals surface area contributed by atoms with Crippen molar-refractivity contribution in [2.24, 2.45) is 5.92 Å². The number of likely N-dealkylation sites (tertiary alicyclic amines) is 1. The first-order chi connectivity index (χ1) is 15.3. The van der Waals surface area contributed by atoms with Gasteiger partial charge in [-0.2, -0.15) is 28.2 Å². The van der Waals surface area contributed by atoms with Crippen LogP contribution in [0.3, 0.4) is 0 Å². The van der Waals surface area contributed by atoms with Crippen molar-refractivity contribution < 1.29 is 22.4 Å². The number of nitrogens with zero attached hydrogens (tertiary/aromatic N) is 6. The summed E-state index contributed by atoms with van der Waals surface area (Å²) in [6, 6.07) is 3.39. The van der Waals surface area contributed by atoms with Crippen molar-refractivity contribution in [1.29, 1.82) is 0 Å². The maximum atomic E-state index is 14.0. The summed E-state index contributed by atoms with van der Waals surface area (Å²) < 4.78 is 52.2. The predicted octanol–water partition coefficient (Wildman–Crippen LogP) is 2.93. The summed E-state index contributed by atoms with van der Waals surface area (Å²) in [5.41, 5.74) is -0.434. The van der Waals surface area contributed by atoms with Crippen LogP contribution in [-0.4, -0.2) is 54.4 Å². The Morgan fingerprint density at radius 2 is 1.81 bits per heavy atom. The molecule has 2 aromatic heterocycles. The number of fused-ring (bicyclic) bond motifs is 2. The molecule has 1 aliphatic heterocycles. The molecule has 2 bridgehead atoms. The van der Waals surface area contributed by atoms with Crippen LogP contribution in [0, 0.1) is 11.7 Å².